The van der Waals surface area contributed by atoms with Crippen LogP contribution in [0.3, 0.4) is 0 Å². The van der Waals surface area contributed by atoms with E-state index < -0.39 is 0 Å². The Morgan fingerprint density at radius 2 is 2.31 bits per heavy atom. The molecule has 2 fully saturated rings. The second-order valence-electron chi connectivity index (χ2n) is 4.48. The van der Waals surface area contributed by atoms with Gasteiger partial charge in [-0.1, -0.05) is 0 Å². The average molecular weight is 229 g/mol. The number of carbonyl (C=O) groups excluding carboxylic acids is 1. The van der Waals surface area contributed by atoms with E-state index in [2.05, 4.69) is 0 Å². The Kier molecular flexibility index (Phi) is 3.78. The van der Waals surface area contributed by atoms with Gasteiger partial charge in [-0.25, -0.2) is 0 Å². The third-order valence-electron chi connectivity index (χ3n) is 3.20. The molecule has 2 heterocycles. The summed E-state index contributed by atoms with van der Waals surface area (Å²) >= 11 is 0. The smallest absolute Gasteiger partial charge is 0.252 e. The summed E-state index contributed by atoms with van der Waals surface area (Å²) in [5.41, 5.74) is 0. The number of morpholine rings is 1. The maximum Gasteiger partial charge on any atom is 0.252 e. The molecule has 2 unspecified atom stereocenters. The zero-order valence-corrected chi connectivity index (χ0v) is 9.59. The van der Waals surface area contributed by atoms with Crippen molar-refractivity contribution in [3.63, 3.8) is 0 Å². The largest absolute Gasteiger partial charge is 0.394 e. The number of rotatable bonds is 2. The summed E-state index contributed by atoms with van der Waals surface area (Å²) in [6.07, 6.45) is 1.24. The van der Waals surface area contributed by atoms with Gasteiger partial charge >= 0.3 is 0 Å². The number of aliphatic hydroxyl groups is 1. The van der Waals surface area contributed by atoms with E-state index in [0.717, 1.165) is 12.8 Å². The summed E-state index contributed by atoms with van der Waals surface area (Å²) in [4.78, 5) is 13.9. The molecule has 0 aromatic rings. The Morgan fingerprint density at radius 3 is 2.94 bits per heavy atom. The Morgan fingerprint density at radius 1 is 1.50 bits per heavy atom. The van der Waals surface area contributed by atoms with Crippen LogP contribution in [0.5, 0.6) is 0 Å². The van der Waals surface area contributed by atoms with Crippen molar-refractivity contribution in [1.29, 1.82) is 0 Å². The average Bonchev–Trinajstić information content (AvgIpc) is 2.82. The van der Waals surface area contributed by atoms with Crippen LogP contribution in [0.4, 0.5) is 0 Å². The highest BCUT2D eigenvalue weighted by Gasteiger charge is 2.34. The van der Waals surface area contributed by atoms with Crippen LogP contribution in [0.2, 0.25) is 0 Å². The van der Waals surface area contributed by atoms with E-state index in [9.17, 15) is 4.79 Å². The van der Waals surface area contributed by atoms with Gasteiger partial charge in [-0.2, -0.15) is 0 Å². The predicted molar refractivity (Wildman–Crippen MR) is 57.0 cm³/mol. The first-order chi connectivity index (χ1) is 7.72. The molecule has 0 radical (unpaired) electrons. The molecule has 0 aliphatic carbocycles. The summed E-state index contributed by atoms with van der Waals surface area (Å²) in [6.45, 7) is 3.56. The highest BCUT2D eigenvalue weighted by atomic mass is 16.5. The fourth-order valence-electron chi connectivity index (χ4n) is 2.19. The molecule has 92 valence electrons. The molecule has 0 bridgehead atoms. The van der Waals surface area contributed by atoms with Crippen LogP contribution in [0.25, 0.3) is 0 Å². The molecule has 2 aliphatic rings. The molecule has 3 atom stereocenters. The molecule has 1 N–H and O–H groups in total. The van der Waals surface area contributed by atoms with Gasteiger partial charge in [0, 0.05) is 13.2 Å². The van der Waals surface area contributed by atoms with Crippen LogP contribution in [0, 0.1) is 0 Å². The van der Waals surface area contributed by atoms with Crippen LogP contribution in [0.1, 0.15) is 19.8 Å². The van der Waals surface area contributed by atoms with Gasteiger partial charge in [0.1, 0.15) is 6.10 Å². The predicted octanol–water partition coefficient (Wildman–Crippen LogP) is -0.226. The Labute approximate surface area is 95.3 Å². The highest BCUT2D eigenvalue weighted by molar-refractivity contribution is 5.81. The maximum atomic E-state index is 12.1. The number of hydrogen-bond acceptors (Lipinski definition) is 4. The summed E-state index contributed by atoms with van der Waals surface area (Å²) in [7, 11) is 0. The van der Waals surface area contributed by atoms with Crippen LogP contribution in [0.15, 0.2) is 0 Å². The number of hydrogen-bond donors (Lipinski definition) is 1. The van der Waals surface area contributed by atoms with Crippen molar-refractivity contribution in [3.05, 3.63) is 0 Å². The van der Waals surface area contributed by atoms with Crippen LogP contribution in [-0.2, 0) is 14.3 Å². The molecule has 1 amide bonds. The molecule has 16 heavy (non-hydrogen) atoms. The molecular weight excluding hydrogens is 210 g/mol. The molecule has 0 saturated carbocycles. The summed E-state index contributed by atoms with van der Waals surface area (Å²) in [5.74, 6) is 0.0479. The molecule has 5 nitrogen and oxygen atoms in total. The summed E-state index contributed by atoms with van der Waals surface area (Å²) in [5, 5.41) is 9.05. The Bertz CT molecular complexity index is 252. The van der Waals surface area contributed by atoms with Crippen LogP contribution in [-0.4, -0.2) is 60.5 Å². The molecule has 2 aliphatic heterocycles. The Balaban J connectivity index is 1.97. The lowest BCUT2D eigenvalue weighted by Crippen LogP contribution is -2.54. The minimum Gasteiger partial charge on any atom is -0.394 e. The molecular formula is C11H19NO4. The normalized spacial score (nSPS) is 35.4. The van der Waals surface area contributed by atoms with Gasteiger partial charge in [-0.3, -0.25) is 4.79 Å². The van der Waals surface area contributed by atoms with Crippen molar-refractivity contribution >= 4 is 5.91 Å². The van der Waals surface area contributed by atoms with Gasteiger partial charge in [-0.05, 0) is 19.8 Å². The fraction of sp³-hybridized carbons (Fsp3) is 0.909. The highest BCUT2D eigenvalue weighted by Crippen LogP contribution is 2.19. The van der Waals surface area contributed by atoms with E-state index in [1.807, 2.05) is 6.92 Å². The van der Waals surface area contributed by atoms with Crippen LogP contribution >= 0.6 is 0 Å². The van der Waals surface area contributed by atoms with Crippen molar-refractivity contribution < 1.29 is 19.4 Å². The number of ether oxygens (including phenoxy) is 2. The summed E-state index contributed by atoms with van der Waals surface area (Å²) < 4.78 is 10.8. The first kappa shape index (κ1) is 11.8. The van der Waals surface area contributed by atoms with Gasteiger partial charge in [0.25, 0.3) is 5.91 Å². The van der Waals surface area contributed by atoms with E-state index in [0.29, 0.717) is 19.8 Å². The van der Waals surface area contributed by atoms with Crippen LogP contribution < -0.4 is 0 Å². The topological polar surface area (TPSA) is 59.0 Å². The third-order valence-corrected chi connectivity index (χ3v) is 3.20. The maximum absolute atomic E-state index is 12.1. The zero-order chi connectivity index (χ0) is 11.5. The minimum atomic E-state index is -0.278. The second-order valence-corrected chi connectivity index (χ2v) is 4.48. The second kappa shape index (κ2) is 5.12. The van der Waals surface area contributed by atoms with Crippen molar-refractivity contribution in [1.82, 2.24) is 4.90 Å². The van der Waals surface area contributed by atoms with E-state index in [-0.39, 0.29) is 30.8 Å². The number of carbonyl (C=O) groups is 1. The number of aliphatic hydroxyl groups excluding tert-OH is 1. The van der Waals surface area contributed by atoms with E-state index in [1.165, 1.54) is 0 Å². The standard InChI is InChI=1S/C11H19NO4/c1-8-7-16-9(6-13)5-12(8)11(14)10-3-2-4-15-10/h8-10,13H,2-7H2,1H3/t8?,9?,10-/m0/s1. The van der Waals surface area contributed by atoms with Crippen molar-refractivity contribution in [3.8, 4) is 0 Å². The molecule has 0 spiro atoms. The van der Waals surface area contributed by atoms with E-state index in [4.69, 9.17) is 14.6 Å². The van der Waals surface area contributed by atoms with Crippen molar-refractivity contribution in [2.24, 2.45) is 0 Å². The number of amides is 1. The quantitative estimate of drug-likeness (QED) is 0.711. The molecule has 2 rings (SSSR count). The molecule has 0 aromatic carbocycles. The lowest BCUT2D eigenvalue weighted by Gasteiger charge is -2.38. The lowest BCUT2D eigenvalue weighted by molar-refractivity contribution is -0.155. The number of nitrogens with zero attached hydrogens (tertiary/aromatic N) is 1. The SMILES string of the molecule is CC1COC(CO)CN1C(=O)[C@@H]1CCCO1. The van der Waals surface area contributed by atoms with E-state index >= 15 is 0 Å². The van der Waals surface area contributed by atoms with Gasteiger partial charge in [0.2, 0.25) is 0 Å². The van der Waals surface area contributed by atoms with Gasteiger partial charge in [-0.15, -0.1) is 0 Å². The molecule has 5 heteroatoms. The fourth-order valence-corrected chi connectivity index (χ4v) is 2.19. The van der Waals surface area contributed by atoms with E-state index in [1.54, 1.807) is 4.90 Å². The minimum absolute atomic E-state index is 0.0397. The van der Waals surface area contributed by atoms with Crippen molar-refractivity contribution in [2.75, 3.05) is 26.4 Å². The van der Waals surface area contributed by atoms with Gasteiger partial charge < -0.3 is 19.5 Å². The first-order valence-electron chi connectivity index (χ1n) is 5.87. The lowest BCUT2D eigenvalue weighted by atomic mass is 10.1. The first-order valence-corrected chi connectivity index (χ1v) is 5.87. The van der Waals surface area contributed by atoms with Gasteiger partial charge in [0.05, 0.1) is 25.4 Å². The monoisotopic (exact) mass is 229 g/mol. The third kappa shape index (κ3) is 2.36. The van der Waals surface area contributed by atoms with Gasteiger partial charge in [0.15, 0.2) is 0 Å². The molecule has 0 aromatic heterocycles. The zero-order valence-electron chi connectivity index (χ0n) is 9.59. The van der Waals surface area contributed by atoms with Crippen molar-refractivity contribution in [2.45, 2.75) is 38.0 Å². The Hall–Kier alpha value is -0.650. The molecule has 2 saturated heterocycles. The summed E-state index contributed by atoms with van der Waals surface area (Å²) in [6, 6.07) is 0.0690.